The minimum Gasteiger partial charge on any atom is -0.435 e. The highest BCUT2D eigenvalue weighted by molar-refractivity contribution is 5.31. The zero-order valence-electron chi connectivity index (χ0n) is 7.04. The molecule has 0 N–H and O–H groups in total. The molecule has 1 fully saturated rings. The lowest BCUT2D eigenvalue weighted by molar-refractivity contribution is -0.0500. The molecule has 76 valence electrons. The van der Waals surface area contributed by atoms with E-state index < -0.39 is 12.4 Å². The third-order valence-electron chi connectivity index (χ3n) is 1.88. The van der Waals surface area contributed by atoms with E-state index >= 15 is 0 Å². The molecule has 1 heterocycles. The lowest BCUT2D eigenvalue weighted by Crippen LogP contribution is -2.02. The van der Waals surface area contributed by atoms with Crippen molar-refractivity contribution in [3.63, 3.8) is 0 Å². The highest BCUT2D eigenvalue weighted by Gasteiger charge is 2.28. The summed E-state index contributed by atoms with van der Waals surface area (Å²) in [6, 6.07) is 3.63. The molecule has 1 aromatic rings. The van der Waals surface area contributed by atoms with Crippen LogP contribution in [0.3, 0.4) is 0 Å². The Hall–Kier alpha value is -1.23. The van der Waals surface area contributed by atoms with Gasteiger partial charge in [-0.25, -0.2) is 4.39 Å². The Morgan fingerprint density at radius 2 is 2.14 bits per heavy atom. The van der Waals surface area contributed by atoms with Crippen LogP contribution in [0.5, 0.6) is 5.75 Å². The third kappa shape index (κ3) is 1.98. The molecular formula is C9H7F3O2. The molecule has 1 atom stereocenters. The van der Waals surface area contributed by atoms with E-state index in [1.807, 2.05) is 0 Å². The van der Waals surface area contributed by atoms with E-state index in [9.17, 15) is 13.2 Å². The van der Waals surface area contributed by atoms with Crippen molar-refractivity contribution >= 4 is 0 Å². The van der Waals surface area contributed by atoms with Crippen LogP contribution in [0.4, 0.5) is 13.2 Å². The van der Waals surface area contributed by atoms with Gasteiger partial charge in [-0.2, -0.15) is 8.78 Å². The Bertz CT molecular complexity index is 337. The molecule has 1 saturated heterocycles. The minimum absolute atomic E-state index is 0.179. The molecule has 1 aliphatic rings. The van der Waals surface area contributed by atoms with Crippen LogP contribution in [0, 0.1) is 5.82 Å². The lowest BCUT2D eigenvalue weighted by atomic mass is 10.1. The van der Waals surface area contributed by atoms with Crippen LogP contribution in [0.2, 0.25) is 0 Å². The average molecular weight is 204 g/mol. The summed E-state index contributed by atoms with van der Waals surface area (Å²) in [6.45, 7) is -2.45. The van der Waals surface area contributed by atoms with Crippen LogP contribution in [0.1, 0.15) is 11.7 Å². The van der Waals surface area contributed by atoms with Gasteiger partial charge in [0.05, 0.1) is 6.61 Å². The van der Waals surface area contributed by atoms with Gasteiger partial charge < -0.3 is 9.47 Å². The summed E-state index contributed by atoms with van der Waals surface area (Å²) in [7, 11) is 0. The summed E-state index contributed by atoms with van der Waals surface area (Å²) >= 11 is 0. The first-order chi connectivity index (χ1) is 6.66. The fraction of sp³-hybridized carbons (Fsp3) is 0.333. The molecule has 14 heavy (non-hydrogen) atoms. The molecule has 0 spiro atoms. The van der Waals surface area contributed by atoms with E-state index in [1.54, 1.807) is 0 Å². The van der Waals surface area contributed by atoms with Crippen molar-refractivity contribution in [2.24, 2.45) is 0 Å². The Morgan fingerprint density at radius 3 is 2.64 bits per heavy atom. The zero-order valence-corrected chi connectivity index (χ0v) is 7.04. The molecule has 5 heteroatoms. The molecule has 2 rings (SSSR count). The third-order valence-corrected chi connectivity index (χ3v) is 1.88. The number of epoxide rings is 1. The van der Waals surface area contributed by atoms with Gasteiger partial charge >= 0.3 is 6.61 Å². The largest absolute Gasteiger partial charge is 0.435 e. The maximum absolute atomic E-state index is 13.2. The maximum atomic E-state index is 13.2. The van der Waals surface area contributed by atoms with Crippen molar-refractivity contribution in [2.45, 2.75) is 12.7 Å². The van der Waals surface area contributed by atoms with Gasteiger partial charge in [0, 0.05) is 11.6 Å². The second-order valence-electron chi connectivity index (χ2n) is 2.88. The molecule has 1 aliphatic heterocycles. The number of hydrogen-bond donors (Lipinski definition) is 0. The van der Waals surface area contributed by atoms with Gasteiger partial charge in [-0.15, -0.1) is 0 Å². The van der Waals surface area contributed by atoms with Gasteiger partial charge in [-0.1, -0.05) is 0 Å². The SMILES string of the molecule is Fc1cc(OC(F)F)ccc1[C@H]1CO1. The molecule has 0 radical (unpaired) electrons. The zero-order chi connectivity index (χ0) is 10.1. The van der Waals surface area contributed by atoms with E-state index in [4.69, 9.17) is 4.74 Å². The first kappa shape index (κ1) is 9.33. The van der Waals surface area contributed by atoms with Gasteiger partial charge in [-0.3, -0.25) is 0 Å². The molecule has 0 bridgehead atoms. The predicted octanol–water partition coefficient (Wildman–Crippen LogP) is 2.50. The van der Waals surface area contributed by atoms with Crippen molar-refractivity contribution in [2.75, 3.05) is 6.61 Å². The molecule has 0 aromatic heterocycles. The quantitative estimate of drug-likeness (QED) is 0.705. The lowest BCUT2D eigenvalue weighted by Gasteiger charge is -2.05. The second-order valence-corrected chi connectivity index (χ2v) is 2.88. The van der Waals surface area contributed by atoms with Gasteiger partial charge in [0.2, 0.25) is 0 Å². The fourth-order valence-electron chi connectivity index (χ4n) is 1.17. The first-order valence-corrected chi connectivity index (χ1v) is 4.02. The average Bonchev–Trinajstić information content (AvgIpc) is 2.86. The van der Waals surface area contributed by atoms with Crippen LogP contribution in [-0.4, -0.2) is 13.2 Å². The fourth-order valence-corrected chi connectivity index (χ4v) is 1.17. The molecule has 1 aromatic carbocycles. The van der Waals surface area contributed by atoms with Crippen molar-refractivity contribution in [3.05, 3.63) is 29.6 Å². The second kappa shape index (κ2) is 3.49. The van der Waals surface area contributed by atoms with Crippen LogP contribution in [0.15, 0.2) is 18.2 Å². The van der Waals surface area contributed by atoms with E-state index in [0.29, 0.717) is 12.2 Å². The summed E-state index contributed by atoms with van der Waals surface area (Å²) in [5.41, 5.74) is 0.381. The molecule has 0 amide bonds. The summed E-state index contributed by atoms with van der Waals surface area (Å²) in [4.78, 5) is 0. The van der Waals surface area contributed by atoms with E-state index in [2.05, 4.69) is 4.74 Å². The number of ether oxygens (including phenoxy) is 2. The minimum atomic E-state index is -2.93. The summed E-state index contributed by atoms with van der Waals surface area (Å²) in [5.74, 6) is -0.757. The van der Waals surface area contributed by atoms with Crippen LogP contribution in [0.25, 0.3) is 0 Å². The van der Waals surface area contributed by atoms with Crippen LogP contribution >= 0.6 is 0 Å². The summed E-state index contributed by atoms with van der Waals surface area (Å²) in [6.07, 6.45) is -0.226. The molecule has 0 aliphatic carbocycles. The van der Waals surface area contributed by atoms with Crippen molar-refractivity contribution in [1.29, 1.82) is 0 Å². The molecular weight excluding hydrogens is 197 g/mol. The van der Waals surface area contributed by atoms with Gasteiger partial charge in [-0.05, 0) is 12.1 Å². The highest BCUT2D eigenvalue weighted by Crippen LogP contribution is 2.33. The number of halogens is 3. The molecule has 0 saturated carbocycles. The van der Waals surface area contributed by atoms with E-state index in [1.165, 1.54) is 12.1 Å². The van der Waals surface area contributed by atoms with E-state index in [-0.39, 0.29) is 11.9 Å². The summed E-state index contributed by atoms with van der Waals surface area (Å²) in [5, 5.41) is 0. The van der Waals surface area contributed by atoms with Crippen molar-refractivity contribution < 1.29 is 22.6 Å². The van der Waals surface area contributed by atoms with Crippen molar-refractivity contribution in [3.8, 4) is 5.75 Å². The Kier molecular flexibility index (Phi) is 2.33. The summed E-state index contributed by atoms with van der Waals surface area (Å²) < 4.78 is 45.6. The number of benzene rings is 1. The number of rotatable bonds is 3. The normalized spacial score (nSPS) is 19.9. The smallest absolute Gasteiger partial charge is 0.387 e. The monoisotopic (exact) mass is 204 g/mol. The van der Waals surface area contributed by atoms with E-state index in [0.717, 1.165) is 6.07 Å². The first-order valence-electron chi connectivity index (χ1n) is 4.02. The number of alkyl halides is 2. The standard InChI is InChI=1S/C9H7F3O2/c10-7-3-5(14-9(11)12)1-2-6(7)8-4-13-8/h1-3,8-9H,4H2/t8-/m1/s1. The Labute approximate surface area is 78.2 Å². The van der Waals surface area contributed by atoms with Crippen molar-refractivity contribution in [1.82, 2.24) is 0 Å². The van der Waals surface area contributed by atoms with Gasteiger partial charge in [0.25, 0.3) is 0 Å². The van der Waals surface area contributed by atoms with Gasteiger partial charge in [0.15, 0.2) is 0 Å². The maximum Gasteiger partial charge on any atom is 0.387 e. The Balaban J connectivity index is 2.17. The van der Waals surface area contributed by atoms with Crippen LogP contribution < -0.4 is 4.74 Å². The molecule has 0 unspecified atom stereocenters. The highest BCUT2D eigenvalue weighted by atomic mass is 19.3. The van der Waals surface area contributed by atoms with Gasteiger partial charge in [0.1, 0.15) is 17.7 Å². The number of hydrogen-bond acceptors (Lipinski definition) is 2. The Morgan fingerprint density at radius 1 is 1.43 bits per heavy atom. The van der Waals surface area contributed by atoms with Crippen LogP contribution in [-0.2, 0) is 4.74 Å². The topological polar surface area (TPSA) is 21.8 Å². The predicted molar refractivity (Wildman–Crippen MR) is 41.7 cm³/mol. The molecule has 2 nitrogen and oxygen atoms in total.